The predicted octanol–water partition coefficient (Wildman–Crippen LogP) is 2.10. The molecular formula is C20H18N4O5S2. The maximum Gasteiger partial charge on any atom is 0.281 e. The van der Waals surface area contributed by atoms with Crippen LogP contribution in [0.25, 0.3) is 22.0 Å². The summed E-state index contributed by atoms with van der Waals surface area (Å²) in [6, 6.07) is 13.1. The van der Waals surface area contributed by atoms with Crippen LogP contribution in [0.2, 0.25) is 0 Å². The molecule has 0 radical (unpaired) electrons. The Kier molecular flexibility index (Phi) is 5.38. The number of rotatable bonds is 5. The molecule has 9 nitrogen and oxygen atoms in total. The fourth-order valence-electron chi connectivity index (χ4n) is 3.35. The normalized spacial score (nSPS) is 16.8. The Labute approximate surface area is 178 Å². The summed E-state index contributed by atoms with van der Waals surface area (Å²) in [5.41, 5.74) is 2.78. The lowest BCUT2D eigenvalue weighted by atomic mass is 10.0. The number of fused-ring (bicyclic) bond motifs is 1. The van der Waals surface area contributed by atoms with Crippen LogP contribution in [0.3, 0.4) is 0 Å². The quantitative estimate of drug-likeness (QED) is 0.569. The van der Waals surface area contributed by atoms with Crippen molar-refractivity contribution in [3.63, 3.8) is 0 Å². The average Bonchev–Trinajstić information content (AvgIpc) is 3.26. The van der Waals surface area contributed by atoms with Crippen LogP contribution >= 0.6 is 0 Å². The zero-order valence-electron chi connectivity index (χ0n) is 16.4. The third-order valence-electron chi connectivity index (χ3n) is 5.02. The second-order valence-corrected chi connectivity index (χ2v) is 13.1. The van der Waals surface area contributed by atoms with Crippen LogP contribution in [0.1, 0.15) is 12.1 Å². The molecule has 0 bridgehead atoms. The van der Waals surface area contributed by atoms with Crippen LogP contribution in [0.15, 0.2) is 47.4 Å². The van der Waals surface area contributed by atoms with Crippen LogP contribution in [-0.2, 0) is 22.5 Å². The summed E-state index contributed by atoms with van der Waals surface area (Å²) in [6.45, 7) is 1.21. The minimum atomic E-state index is -4.43. The van der Waals surface area contributed by atoms with Gasteiger partial charge in [-0.15, -0.1) is 10.2 Å². The molecule has 3 aromatic rings. The van der Waals surface area contributed by atoms with E-state index < -0.39 is 17.7 Å². The number of aromatic nitrogens is 2. The van der Waals surface area contributed by atoms with E-state index in [1.54, 1.807) is 6.07 Å². The fourth-order valence-corrected chi connectivity index (χ4v) is 5.55. The molecular weight excluding hydrogens is 440 g/mol. The monoisotopic (exact) mass is 458 g/mol. The lowest BCUT2D eigenvalue weighted by Gasteiger charge is -2.15. The summed E-state index contributed by atoms with van der Waals surface area (Å²) in [5.74, 6) is 0. The number of hydrogen-bond donors (Lipinski definition) is 1. The van der Waals surface area contributed by atoms with Gasteiger partial charge in [-0.1, -0.05) is 18.2 Å². The topological polar surface area (TPSA) is 139 Å². The number of ether oxygens (including phenoxy) is 1. The van der Waals surface area contributed by atoms with E-state index in [2.05, 4.69) is 21.6 Å². The minimum Gasteiger partial charge on any atom is -0.379 e. The first-order valence-electron chi connectivity index (χ1n) is 9.31. The molecule has 2 heterocycles. The Morgan fingerprint density at radius 1 is 1.06 bits per heavy atom. The van der Waals surface area contributed by atoms with Gasteiger partial charge in [-0.05, 0) is 41.8 Å². The highest BCUT2D eigenvalue weighted by Crippen LogP contribution is 2.30. The number of nitriles is 1. The third-order valence-corrected chi connectivity index (χ3v) is 9.64. The van der Waals surface area contributed by atoms with E-state index in [9.17, 15) is 22.1 Å². The van der Waals surface area contributed by atoms with Gasteiger partial charge >= 0.3 is 0 Å². The molecule has 1 aliphatic rings. The second kappa shape index (κ2) is 7.88. The van der Waals surface area contributed by atoms with Gasteiger partial charge in [-0.25, -0.2) is 16.8 Å². The van der Waals surface area contributed by atoms with Crippen LogP contribution in [0.4, 0.5) is 5.69 Å². The standard InChI is InChI=1S/C20H18N4O5S2/c1-30(25,26)31(27,28)16-5-2-13(3-6-16)14-4-7-17-18(10-14)23-24-19(11-21)20(17)22-15-8-9-29-12-15/h2-7,10,15H,8-9,12H2,1H3,(H,22,23). The van der Waals surface area contributed by atoms with Crippen molar-refractivity contribution in [1.29, 1.82) is 5.26 Å². The number of nitrogens with one attached hydrogen (secondary N) is 1. The highest BCUT2D eigenvalue weighted by atomic mass is 33.2. The molecule has 1 unspecified atom stereocenters. The molecule has 1 aromatic heterocycles. The van der Waals surface area contributed by atoms with E-state index in [0.717, 1.165) is 17.4 Å². The van der Waals surface area contributed by atoms with Gasteiger partial charge in [0.05, 0.1) is 35.0 Å². The molecule has 4 rings (SSSR count). The van der Waals surface area contributed by atoms with E-state index in [0.29, 0.717) is 36.2 Å². The molecule has 0 amide bonds. The number of benzene rings is 2. The number of hydrogen-bond acceptors (Lipinski definition) is 9. The van der Waals surface area contributed by atoms with Crippen molar-refractivity contribution in [2.75, 3.05) is 24.8 Å². The summed E-state index contributed by atoms with van der Waals surface area (Å²) < 4.78 is 52.6. The zero-order chi connectivity index (χ0) is 22.2. The Morgan fingerprint density at radius 3 is 2.39 bits per heavy atom. The Morgan fingerprint density at radius 2 is 1.77 bits per heavy atom. The van der Waals surface area contributed by atoms with Crippen molar-refractivity contribution in [3.05, 3.63) is 48.2 Å². The van der Waals surface area contributed by atoms with E-state index in [4.69, 9.17) is 4.74 Å². The summed E-state index contributed by atoms with van der Waals surface area (Å²) >= 11 is 0. The average molecular weight is 459 g/mol. The van der Waals surface area contributed by atoms with Gasteiger partial charge in [0.15, 0.2) is 5.69 Å². The van der Waals surface area contributed by atoms with Crippen LogP contribution in [-0.4, -0.2) is 52.5 Å². The predicted molar refractivity (Wildman–Crippen MR) is 115 cm³/mol. The molecule has 11 heteroatoms. The highest BCUT2D eigenvalue weighted by molar-refractivity contribution is 8.66. The van der Waals surface area contributed by atoms with Crippen LogP contribution in [0.5, 0.6) is 0 Å². The molecule has 0 aliphatic carbocycles. The largest absolute Gasteiger partial charge is 0.379 e. The second-order valence-electron chi connectivity index (χ2n) is 7.15. The van der Waals surface area contributed by atoms with Gasteiger partial charge in [0.2, 0.25) is 0 Å². The number of nitrogens with zero attached hydrogens (tertiary/aromatic N) is 3. The first-order valence-corrected chi connectivity index (χ1v) is 13.2. The van der Waals surface area contributed by atoms with Gasteiger partial charge in [-0.2, -0.15) is 5.26 Å². The summed E-state index contributed by atoms with van der Waals surface area (Å²) in [4.78, 5) is -0.289. The smallest absolute Gasteiger partial charge is 0.281 e. The maximum absolute atomic E-state index is 12.1. The van der Waals surface area contributed by atoms with Gasteiger partial charge in [-0.3, -0.25) is 0 Å². The van der Waals surface area contributed by atoms with E-state index in [1.165, 1.54) is 24.3 Å². The fraction of sp³-hybridized carbons (Fsp3) is 0.250. The molecule has 0 saturated carbocycles. The van der Waals surface area contributed by atoms with Crippen molar-refractivity contribution < 1.29 is 21.6 Å². The van der Waals surface area contributed by atoms with Gasteiger partial charge in [0.1, 0.15) is 6.07 Å². The SMILES string of the molecule is CS(=O)(=O)S(=O)(=O)c1ccc(-c2ccc3c(NC4CCOC4)c(C#N)nnc3c2)cc1. The lowest BCUT2D eigenvalue weighted by molar-refractivity contribution is 0.195. The maximum atomic E-state index is 12.1. The van der Waals surface area contributed by atoms with Crippen LogP contribution in [0, 0.1) is 11.3 Å². The lowest BCUT2D eigenvalue weighted by Crippen LogP contribution is -2.20. The van der Waals surface area contributed by atoms with Crippen LogP contribution < -0.4 is 5.32 Å². The molecule has 0 spiro atoms. The molecule has 1 aliphatic heterocycles. The Hall–Kier alpha value is -3.07. The van der Waals surface area contributed by atoms with Crippen molar-refractivity contribution in [3.8, 4) is 17.2 Å². The van der Waals surface area contributed by atoms with E-state index in [-0.39, 0.29) is 16.6 Å². The Balaban J connectivity index is 1.72. The van der Waals surface area contributed by atoms with Crippen molar-refractivity contribution in [1.82, 2.24) is 10.2 Å². The molecule has 1 N–H and O–H groups in total. The van der Waals surface area contributed by atoms with E-state index >= 15 is 0 Å². The summed E-state index contributed by atoms with van der Waals surface area (Å²) in [6.07, 6.45) is 1.49. The molecule has 160 valence electrons. The molecule has 1 saturated heterocycles. The Bertz CT molecular complexity index is 1410. The van der Waals surface area contributed by atoms with Gasteiger partial charge in [0, 0.05) is 12.0 Å². The number of anilines is 1. The first kappa shape index (κ1) is 21.2. The highest BCUT2D eigenvalue weighted by Gasteiger charge is 2.26. The van der Waals surface area contributed by atoms with Gasteiger partial charge < -0.3 is 10.1 Å². The van der Waals surface area contributed by atoms with E-state index in [1.807, 2.05) is 12.1 Å². The summed E-state index contributed by atoms with van der Waals surface area (Å²) in [7, 11) is -8.71. The third kappa shape index (κ3) is 3.97. The van der Waals surface area contributed by atoms with Crippen molar-refractivity contribution in [2.45, 2.75) is 17.4 Å². The molecule has 31 heavy (non-hydrogen) atoms. The van der Waals surface area contributed by atoms with Gasteiger partial charge in [0.25, 0.3) is 17.7 Å². The van der Waals surface area contributed by atoms with Crippen molar-refractivity contribution in [2.24, 2.45) is 0 Å². The molecule has 1 fully saturated rings. The molecule has 2 aromatic carbocycles. The minimum absolute atomic E-state index is 0.0866. The molecule has 1 atom stereocenters. The summed E-state index contributed by atoms with van der Waals surface area (Å²) in [5, 5.41) is 21.6. The zero-order valence-corrected chi connectivity index (χ0v) is 18.1. The van der Waals surface area contributed by atoms with Crippen molar-refractivity contribution >= 4 is 34.3 Å². The first-order chi connectivity index (χ1) is 14.7.